The van der Waals surface area contributed by atoms with E-state index in [1.165, 1.54) is 43.5 Å². The van der Waals surface area contributed by atoms with Crippen molar-refractivity contribution < 1.29 is 4.42 Å². The molecule has 0 N–H and O–H groups in total. The molecule has 10 rings (SSSR count). The molecule has 0 saturated heterocycles. The van der Waals surface area contributed by atoms with Crippen LogP contribution in [-0.4, -0.2) is 20.1 Å². The van der Waals surface area contributed by atoms with Crippen molar-refractivity contribution in [3.63, 3.8) is 0 Å². The fourth-order valence-electron chi connectivity index (χ4n) is 8.55. The minimum Gasteiger partial charge on any atom is -0.460 e. The molecule has 6 heteroatoms. The van der Waals surface area contributed by atoms with E-state index in [9.17, 15) is 10.5 Å². The third-order valence-electron chi connectivity index (χ3n) is 10.7. The van der Waals surface area contributed by atoms with Crippen LogP contribution in [0, 0.1) is 22.7 Å². The van der Waals surface area contributed by atoms with Crippen LogP contribution in [0.4, 0.5) is 11.4 Å². The number of hydrogen-bond acceptors (Lipinski definition) is 4. The largest absolute Gasteiger partial charge is 0.460 e. The standard InChI is InChI=1S/C44H30N4OSi/c45-25-27-13-19-40-37(23-27)34-8-2-4-10-38(34)47(40)30-21-28(26-46)22-32(24-30)50-31-16-14-29(15-17-31)48-39-11-5-1-7-33(39)35-18-20-42-43(44(35)48)36-9-3-6-12-41(36)49-42/h1-17,19,21-24,34,38H,18,20,50H2. The number of nitriles is 2. The van der Waals surface area contributed by atoms with Crippen LogP contribution in [0.15, 0.2) is 138 Å². The molecular formula is C44H30N4OSi. The molecular weight excluding hydrogens is 629 g/mol. The van der Waals surface area contributed by atoms with Gasteiger partial charge in [-0.05, 0) is 78.2 Å². The minimum absolute atomic E-state index is 0.0990. The Labute approximate surface area is 292 Å². The van der Waals surface area contributed by atoms with Crippen molar-refractivity contribution in [3.8, 4) is 29.1 Å². The van der Waals surface area contributed by atoms with Gasteiger partial charge in [-0.1, -0.05) is 83.2 Å². The number of allylic oxidation sites excluding steroid dienone is 2. The highest BCUT2D eigenvalue weighted by Crippen LogP contribution is 2.48. The summed E-state index contributed by atoms with van der Waals surface area (Å²) in [5.41, 5.74) is 11.8. The van der Waals surface area contributed by atoms with Crippen LogP contribution in [0.1, 0.15) is 33.9 Å². The molecule has 1 aliphatic heterocycles. The minimum atomic E-state index is -0.910. The summed E-state index contributed by atoms with van der Waals surface area (Å²) in [5.74, 6) is 1.23. The molecule has 236 valence electrons. The Balaban J connectivity index is 1.03. The Morgan fingerprint density at radius 2 is 1.50 bits per heavy atom. The van der Waals surface area contributed by atoms with Gasteiger partial charge < -0.3 is 13.9 Å². The molecule has 5 aromatic carbocycles. The van der Waals surface area contributed by atoms with E-state index in [0.717, 1.165) is 46.8 Å². The van der Waals surface area contributed by atoms with Crippen LogP contribution >= 0.6 is 0 Å². The van der Waals surface area contributed by atoms with Gasteiger partial charge in [-0.25, -0.2) is 0 Å². The lowest BCUT2D eigenvalue weighted by Crippen LogP contribution is -2.31. The smallest absolute Gasteiger partial charge is 0.134 e. The number of aryl methyl sites for hydroxylation is 2. The second-order valence-corrected chi connectivity index (χ2v) is 15.4. The Hall–Kier alpha value is -6.34. The molecule has 7 aromatic rings. The highest BCUT2D eigenvalue weighted by atomic mass is 28.2. The van der Waals surface area contributed by atoms with Gasteiger partial charge in [0.15, 0.2) is 0 Å². The van der Waals surface area contributed by atoms with E-state index in [2.05, 4.69) is 131 Å². The Kier molecular flexibility index (Phi) is 6.36. The first-order valence-electron chi connectivity index (χ1n) is 17.1. The number of rotatable bonds is 4. The first-order valence-corrected chi connectivity index (χ1v) is 18.5. The molecule has 3 aliphatic rings. The molecule has 0 radical (unpaired) electrons. The van der Waals surface area contributed by atoms with Crippen molar-refractivity contribution in [3.05, 3.63) is 162 Å². The summed E-state index contributed by atoms with van der Waals surface area (Å²) in [6, 6.07) is 43.4. The maximum atomic E-state index is 10.1. The van der Waals surface area contributed by atoms with E-state index in [4.69, 9.17) is 4.42 Å². The molecule has 2 aromatic heterocycles. The molecule has 0 saturated carbocycles. The van der Waals surface area contributed by atoms with Crippen LogP contribution < -0.4 is 15.3 Å². The summed E-state index contributed by atoms with van der Waals surface area (Å²) < 4.78 is 8.82. The Bertz CT molecular complexity index is 2680. The predicted octanol–water partition coefficient (Wildman–Crippen LogP) is 7.74. The van der Waals surface area contributed by atoms with Crippen molar-refractivity contribution in [2.24, 2.45) is 0 Å². The van der Waals surface area contributed by atoms with E-state index in [1.54, 1.807) is 0 Å². The van der Waals surface area contributed by atoms with Crippen LogP contribution in [-0.2, 0) is 12.8 Å². The van der Waals surface area contributed by atoms with Gasteiger partial charge in [0, 0.05) is 45.7 Å². The lowest BCUT2D eigenvalue weighted by atomic mass is 9.91. The lowest BCUT2D eigenvalue weighted by Gasteiger charge is -2.29. The maximum absolute atomic E-state index is 10.1. The first kappa shape index (κ1) is 28.6. The summed E-state index contributed by atoms with van der Waals surface area (Å²) in [5, 5.41) is 24.7. The molecule has 0 amide bonds. The van der Waals surface area contributed by atoms with Gasteiger partial charge in [0.25, 0.3) is 0 Å². The van der Waals surface area contributed by atoms with Crippen LogP contribution in [0.3, 0.4) is 0 Å². The fraction of sp³-hybridized carbons (Fsp3) is 0.0909. The summed E-state index contributed by atoms with van der Waals surface area (Å²) in [6.45, 7) is 0. The number of nitrogens with zero attached hydrogens (tertiary/aromatic N) is 4. The van der Waals surface area contributed by atoms with Crippen molar-refractivity contribution in [2.45, 2.75) is 24.8 Å². The molecule has 2 atom stereocenters. The van der Waals surface area contributed by atoms with E-state index in [-0.39, 0.29) is 12.0 Å². The van der Waals surface area contributed by atoms with Gasteiger partial charge in [-0.2, -0.15) is 10.5 Å². The summed E-state index contributed by atoms with van der Waals surface area (Å²) in [6.07, 6.45) is 10.5. The fourth-order valence-corrected chi connectivity index (χ4v) is 10.1. The zero-order chi connectivity index (χ0) is 33.3. The zero-order valence-corrected chi connectivity index (χ0v) is 28.6. The van der Waals surface area contributed by atoms with Gasteiger partial charge >= 0.3 is 0 Å². The third kappa shape index (κ3) is 4.29. The first-order chi connectivity index (χ1) is 24.7. The summed E-state index contributed by atoms with van der Waals surface area (Å²) >= 11 is 0. The number of fused-ring (bicyclic) bond motifs is 10. The highest BCUT2D eigenvalue weighted by Gasteiger charge is 2.38. The molecule has 0 fully saturated rings. The molecule has 2 unspecified atom stereocenters. The molecule has 5 nitrogen and oxygen atoms in total. The summed E-state index contributed by atoms with van der Waals surface area (Å²) in [4.78, 5) is 2.34. The Morgan fingerprint density at radius 1 is 0.700 bits per heavy atom. The molecule has 2 aliphatic carbocycles. The molecule has 0 bridgehead atoms. The van der Waals surface area contributed by atoms with Crippen molar-refractivity contribution >= 4 is 53.1 Å². The molecule has 3 heterocycles. The van der Waals surface area contributed by atoms with Crippen molar-refractivity contribution in [1.82, 2.24) is 4.57 Å². The van der Waals surface area contributed by atoms with Crippen LogP contribution in [0.2, 0.25) is 0 Å². The normalized spacial score (nSPS) is 17.1. The number of hydrogen-bond donors (Lipinski definition) is 0. The zero-order valence-electron chi connectivity index (χ0n) is 27.2. The predicted molar refractivity (Wildman–Crippen MR) is 203 cm³/mol. The van der Waals surface area contributed by atoms with Gasteiger partial charge in [0.05, 0.1) is 50.0 Å². The van der Waals surface area contributed by atoms with E-state index in [1.807, 2.05) is 24.3 Å². The van der Waals surface area contributed by atoms with E-state index in [0.29, 0.717) is 11.1 Å². The second kappa shape index (κ2) is 11.1. The molecule has 50 heavy (non-hydrogen) atoms. The topological polar surface area (TPSA) is 68.9 Å². The summed E-state index contributed by atoms with van der Waals surface area (Å²) in [7, 11) is -0.910. The van der Waals surface area contributed by atoms with Crippen molar-refractivity contribution in [1.29, 1.82) is 10.5 Å². The number of para-hydroxylation sites is 2. The number of furan rings is 1. The van der Waals surface area contributed by atoms with Gasteiger partial charge in [-0.3, -0.25) is 0 Å². The lowest BCUT2D eigenvalue weighted by molar-refractivity contribution is 0.545. The monoisotopic (exact) mass is 658 g/mol. The second-order valence-electron chi connectivity index (χ2n) is 13.5. The molecule has 0 spiro atoms. The quantitative estimate of drug-likeness (QED) is 0.182. The van der Waals surface area contributed by atoms with Gasteiger partial charge in [0.1, 0.15) is 11.3 Å². The van der Waals surface area contributed by atoms with E-state index >= 15 is 0 Å². The number of benzene rings is 5. The number of aromatic nitrogens is 1. The average molecular weight is 659 g/mol. The number of anilines is 2. The Morgan fingerprint density at radius 3 is 2.36 bits per heavy atom. The maximum Gasteiger partial charge on any atom is 0.134 e. The van der Waals surface area contributed by atoms with Gasteiger partial charge in [0.2, 0.25) is 0 Å². The van der Waals surface area contributed by atoms with Crippen LogP contribution in [0.25, 0.3) is 38.8 Å². The van der Waals surface area contributed by atoms with Gasteiger partial charge in [-0.15, -0.1) is 0 Å². The van der Waals surface area contributed by atoms with E-state index < -0.39 is 9.52 Å². The van der Waals surface area contributed by atoms with Crippen molar-refractivity contribution in [2.75, 3.05) is 4.90 Å². The highest BCUT2D eigenvalue weighted by molar-refractivity contribution is 6.67. The SMILES string of the molecule is N#Cc1cc([SiH2]c2ccc(-n3c4c(c5ccccc53)CCc3oc5ccccc5c3-4)cc2)cc(N2c3ccc(C#N)cc3C3C=CC=CC32)c1. The van der Waals surface area contributed by atoms with Crippen LogP contribution in [0.5, 0.6) is 0 Å². The average Bonchev–Trinajstić information content (AvgIpc) is 3.82. The third-order valence-corrected chi connectivity index (χ3v) is 12.3.